The summed E-state index contributed by atoms with van der Waals surface area (Å²) in [7, 11) is 3.46. The lowest BCUT2D eigenvalue weighted by Crippen LogP contribution is -2.33. The van der Waals surface area contributed by atoms with Crippen LogP contribution in [0.1, 0.15) is 25.1 Å². The predicted molar refractivity (Wildman–Crippen MR) is 164 cm³/mol. The Hall–Kier alpha value is -4.19. The summed E-state index contributed by atoms with van der Waals surface area (Å²) in [6.07, 6.45) is 2.73. The minimum absolute atomic E-state index is 0.0916. The van der Waals surface area contributed by atoms with E-state index in [0.29, 0.717) is 23.5 Å². The van der Waals surface area contributed by atoms with Crippen molar-refractivity contribution in [2.75, 3.05) is 26.9 Å². The number of benzene rings is 2. The minimum atomic E-state index is -0.730. The molecule has 43 heavy (non-hydrogen) atoms. The number of hydrogen-bond acceptors (Lipinski definition) is 7. The molecular weight excluding hydrogens is 570 g/mol. The molecule has 5 heterocycles. The predicted octanol–water partition coefficient (Wildman–Crippen LogP) is 6.74. The number of halogens is 2. The van der Waals surface area contributed by atoms with Crippen molar-refractivity contribution < 1.29 is 18.3 Å². The van der Waals surface area contributed by atoms with Crippen molar-refractivity contribution in [3.05, 3.63) is 71.4 Å². The molecule has 0 fully saturated rings. The highest BCUT2D eigenvalue weighted by Gasteiger charge is 2.28. The van der Waals surface area contributed by atoms with E-state index in [-0.39, 0.29) is 30.6 Å². The molecule has 7 rings (SSSR count). The van der Waals surface area contributed by atoms with Crippen LogP contribution in [-0.2, 0) is 18.3 Å². The van der Waals surface area contributed by atoms with Gasteiger partial charge in [0.2, 0.25) is 0 Å². The van der Waals surface area contributed by atoms with Gasteiger partial charge in [-0.05, 0) is 36.1 Å². The molecule has 220 valence electrons. The highest BCUT2D eigenvalue weighted by Crippen LogP contribution is 2.47. The van der Waals surface area contributed by atoms with E-state index in [1.54, 1.807) is 7.11 Å². The van der Waals surface area contributed by atoms with Gasteiger partial charge in [-0.25, -0.2) is 13.8 Å². The minimum Gasteiger partial charge on any atom is -0.490 e. The van der Waals surface area contributed by atoms with Crippen LogP contribution in [0.5, 0.6) is 5.75 Å². The number of pyridine rings is 1. The molecule has 0 saturated heterocycles. The number of rotatable bonds is 8. The fourth-order valence-electron chi connectivity index (χ4n) is 5.92. The van der Waals surface area contributed by atoms with Crippen molar-refractivity contribution in [1.82, 2.24) is 29.9 Å². The van der Waals surface area contributed by atoms with Crippen LogP contribution in [0.3, 0.4) is 0 Å². The standard InChI is InChI=1S/C32H30F2N6O2S/c1-4-23-26-16-24(38-40(26)9-8-35-23)31-29(28-22(34)14-20(33)15-27(28)42-11-10-41-3)32-21(7-12-43-32)30(37-31)18-5-6-25-19(13-18)17-36-39(25)2/h5-7,12-17,23,35H,4,8-11H2,1-3H3. The van der Waals surface area contributed by atoms with Gasteiger partial charge < -0.3 is 14.8 Å². The van der Waals surface area contributed by atoms with Crippen LogP contribution in [0.25, 0.3) is 54.8 Å². The van der Waals surface area contributed by atoms with Crippen LogP contribution >= 0.6 is 11.3 Å². The molecule has 6 aromatic rings. The van der Waals surface area contributed by atoms with Gasteiger partial charge in [0.25, 0.3) is 0 Å². The van der Waals surface area contributed by atoms with E-state index in [1.165, 1.54) is 17.4 Å². The molecule has 4 aromatic heterocycles. The normalized spacial score (nSPS) is 15.0. The second-order valence-electron chi connectivity index (χ2n) is 10.6. The molecule has 1 N–H and O–H groups in total. The topological polar surface area (TPSA) is 79.0 Å². The first-order chi connectivity index (χ1) is 21.0. The molecule has 1 aliphatic rings. The molecule has 1 aliphatic heterocycles. The van der Waals surface area contributed by atoms with Crippen LogP contribution in [0.15, 0.2) is 54.0 Å². The van der Waals surface area contributed by atoms with Crippen molar-refractivity contribution in [1.29, 1.82) is 0 Å². The highest BCUT2D eigenvalue weighted by atomic mass is 32.1. The number of aromatic nitrogens is 5. The fourth-order valence-corrected chi connectivity index (χ4v) is 6.87. The van der Waals surface area contributed by atoms with Crippen LogP contribution in [0.4, 0.5) is 8.78 Å². The summed E-state index contributed by atoms with van der Waals surface area (Å²) in [5.74, 6) is -1.36. The zero-order valence-corrected chi connectivity index (χ0v) is 24.8. The van der Waals surface area contributed by atoms with Crippen LogP contribution in [-0.4, -0.2) is 51.4 Å². The lowest BCUT2D eigenvalue weighted by Gasteiger charge is -2.23. The Morgan fingerprint density at radius 2 is 1.95 bits per heavy atom. The second kappa shape index (κ2) is 11.1. The average Bonchev–Trinajstić information content (AvgIpc) is 3.75. The van der Waals surface area contributed by atoms with Crippen molar-refractivity contribution in [2.45, 2.75) is 25.9 Å². The zero-order valence-electron chi connectivity index (χ0n) is 24.0. The molecule has 0 saturated carbocycles. The van der Waals surface area contributed by atoms with E-state index < -0.39 is 11.6 Å². The maximum Gasteiger partial charge on any atom is 0.137 e. The average molecular weight is 601 g/mol. The van der Waals surface area contributed by atoms with Crippen molar-refractivity contribution in [2.24, 2.45) is 7.05 Å². The van der Waals surface area contributed by atoms with Crippen molar-refractivity contribution in [3.8, 4) is 39.5 Å². The molecule has 0 spiro atoms. The van der Waals surface area contributed by atoms with Gasteiger partial charge >= 0.3 is 0 Å². The summed E-state index contributed by atoms with van der Waals surface area (Å²) in [5, 5.41) is 16.7. The molecular formula is C32H30F2N6O2S. The molecule has 1 atom stereocenters. The van der Waals surface area contributed by atoms with E-state index >= 15 is 4.39 Å². The third-order valence-electron chi connectivity index (χ3n) is 7.97. The molecule has 1 unspecified atom stereocenters. The number of hydrogen-bond donors (Lipinski definition) is 1. The Kier molecular flexibility index (Phi) is 7.16. The van der Waals surface area contributed by atoms with Gasteiger partial charge in [0.15, 0.2) is 0 Å². The Labute approximate surface area is 250 Å². The molecule has 11 heteroatoms. The molecule has 8 nitrogen and oxygen atoms in total. The summed E-state index contributed by atoms with van der Waals surface area (Å²) in [6.45, 7) is 4.05. The van der Waals surface area contributed by atoms with Crippen LogP contribution in [0.2, 0.25) is 0 Å². The van der Waals surface area contributed by atoms with E-state index in [1.807, 2.05) is 52.3 Å². The fraction of sp³-hybridized carbons (Fsp3) is 0.281. The van der Waals surface area contributed by atoms with Gasteiger partial charge in [0.05, 0.1) is 41.8 Å². The summed E-state index contributed by atoms with van der Waals surface area (Å²) < 4.78 is 46.2. The third kappa shape index (κ3) is 4.77. The first kappa shape index (κ1) is 27.6. The number of fused-ring (bicyclic) bond motifs is 3. The summed E-state index contributed by atoms with van der Waals surface area (Å²) in [6, 6.07) is 12.4. The first-order valence-corrected chi connectivity index (χ1v) is 15.1. The van der Waals surface area contributed by atoms with Gasteiger partial charge in [0.1, 0.15) is 35.4 Å². The SMILES string of the molecule is CCC1NCCn2nc(-c3nc(-c4ccc5c(cnn5C)c4)c4ccsc4c3-c3c(F)cc(F)cc3OCCOC)cc21. The van der Waals surface area contributed by atoms with Crippen molar-refractivity contribution >= 4 is 32.3 Å². The zero-order chi connectivity index (χ0) is 29.7. The maximum atomic E-state index is 16.0. The van der Waals surface area contributed by atoms with Gasteiger partial charge in [-0.15, -0.1) is 11.3 Å². The Morgan fingerprint density at radius 3 is 2.79 bits per heavy atom. The van der Waals surface area contributed by atoms with E-state index in [2.05, 4.69) is 23.4 Å². The molecule has 0 amide bonds. The number of ether oxygens (including phenoxy) is 2. The molecule has 0 aliphatic carbocycles. The quantitative estimate of drug-likeness (QED) is 0.195. The molecule has 0 radical (unpaired) electrons. The molecule has 2 aromatic carbocycles. The van der Waals surface area contributed by atoms with Gasteiger partial charge in [-0.1, -0.05) is 13.0 Å². The van der Waals surface area contributed by atoms with E-state index in [9.17, 15) is 4.39 Å². The number of thiophene rings is 1. The van der Waals surface area contributed by atoms with E-state index in [4.69, 9.17) is 19.6 Å². The number of nitrogens with one attached hydrogen (secondary N) is 1. The number of aryl methyl sites for hydroxylation is 1. The van der Waals surface area contributed by atoms with Gasteiger partial charge in [-0.2, -0.15) is 10.2 Å². The Morgan fingerprint density at radius 1 is 1.07 bits per heavy atom. The summed E-state index contributed by atoms with van der Waals surface area (Å²) in [5.41, 5.74) is 5.53. The second-order valence-corrected chi connectivity index (χ2v) is 11.5. The van der Waals surface area contributed by atoms with E-state index in [0.717, 1.165) is 57.0 Å². The lowest BCUT2D eigenvalue weighted by molar-refractivity contribution is 0.146. The maximum absolute atomic E-state index is 16.0. The number of methoxy groups -OCH3 is 1. The largest absolute Gasteiger partial charge is 0.490 e. The highest BCUT2D eigenvalue weighted by molar-refractivity contribution is 7.18. The monoisotopic (exact) mass is 600 g/mol. The van der Waals surface area contributed by atoms with Crippen LogP contribution in [0, 0.1) is 11.6 Å². The first-order valence-electron chi connectivity index (χ1n) is 14.2. The van der Waals surface area contributed by atoms with Crippen LogP contribution < -0.4 is 10.1 Å². The number of nitrogens with zero attached hydrogens (tertiary/aromatic N) is 5. The third-order valence-corrected chi connectivity index (χ3v) is 8.91. The van der Waals surface area contributed by atoms with Gasteiger partial charge in [-0.3, -0.25) is 9.36 Å². The Balaban J connectivity index is 1.52. The lowest BCUT2D eigenvalue weighted by atomic mass is 9.96. The van der Waals surface area contributed by atoms with Crippen molar-refractivity contribution in [3.63, 3.8) is 0 Å². The smallest absolute Gasteiger partial charge is 0.137 e. The molecule has 0 bridgehead atoms. The summed E-state index contributed by atoms with van der Waals surface area (Å²) >= 11 is 1.48. The Bertz CT molecular complexity index is 1980. The van der Waals surface area contributed by atoms with Gasteiger partial charge in [0, 0.05) is 65.5 Å². The summed E-state index contributed by atoms with van der Waals surface area (Å²) in [4.78, 5) is 5.24.